The first-order chi connectivity index (χ1) is 8.58. The fraction of sp³-hybridized carbons (Fsp3) is 0.500. The van der Waals surface area contributed by atoms with Crippen molar-refractivity contribution in [3.05, 3.63) is 28.5 Å². The molecule has 0 saturated heterocycles. The fourth-order valence-corrected chi connectivity index (χ4v) is 2.80. The summed E-state index contributed by atoms with van der Waals surface area (Å²) in [5.74, 6) is 2.01. The predicted molar refractivity (Wildman–Crippen MR) is 81.2 cm³/mol. The third-order valence-corrected chi connectivity index (χ3v) is 4.45. The minimum atomic E-state index is 0.406. The molecule has 0 N–H and O–H groups in total. The first-order valence-corrected chi connectivity index (χ1v) is 7.63. The number of aromatic nitrogens is 2. The van der Waals surface area contributed by atoms with Gasteiger partial charge in [-0.3, -0.25) is 0 Å². The Balaban J connectivity index is 2.62. The highest BCUT2D eigenvalue weighted by Crippen LogP contribution is 2.29. The second-order valence-corrected chi connectivity index (χ2v) is 5.97. The summed E-state index contributed by atoms with van der Waals surface area (Å²) in [4.78, 5) is 4.62. The van der Waals surface area contributed by atoms with E-state index in [0.717, 1.165) is 27.8 Å². The van der Waals surface area contributed by atoms with Crippen molar-refractivity contribution in [1.29, 1.82) is 0 Å². The second-order valence-electron chi connectivity index (χ2n) is 4.79. The minimum absolute atomic E-state index is 0.406. The molecule has 0 bridgehead atoms. The molecule has 0 aliphatic rings. The molecule has 1 aromatic carbocycles. The molecule has 4 heteroatoms. The van der Waals surface area contributed by atoms with Gasteiger partial charge < -0.3 is 4.57 Å². The number of hydrogen-bond acceptors (Lipinski definition) is 1. The molecule has 18 heavy (non-hydrogen) atoms. The van der Waals surface area contributed by atoms with Crippen LogP contribution in [0.25, 0.3) is 11.0 Å². The molecule has 0 saturated carbocycles. The first kappa shape index (κ1) is 13.9. The summed E-state index contributed by atoms with van der Waals surface area (Å²) in [6, 6.07) is 6.58. The van der Waals surface area contributed by atoms with Gasteiger partial charge in [-0.25, -0.2) is 4.98 Å². The van der Waals surface area contributed by atoms with Crippen LogP contribution in [0.5, 0.6) is 0 Å². The standard InChI is InChI=1S/C14H18BrClN2/c1-4-9(2)10(3)18-13-7-11(15)5-6-12(13)17-14(18)8-16/h5-7,9-10H,4,8H2,1-3H3. The van der Waals surface area contributed by atoms with E-state index in [1.54, 1.807) is 0 Å². The van der Waals surface area contributed by atoms with Gasteiger partial charge >= 0.3 is 0 Å². The number of rotatable bonds is 4. The van der Waals surface area contributed by atoms with E-state index in [1.807, 2.05) is 12.1 Å². The van der Waals surface area contributed by atoms with Crippen molar-refractivity contribution < 1.29 is 0 Å². The van der Waals surface area contributed by atoms with E-state index in [-0.39, 0.29) is 0 Å². The quantitative estimate of drug-likeness (QED) is 0.710. The lowest BCUT2D eigenvalue weighted by Gasteiger charge is -2.22. The zero-order valence-electron chi connectivity index (χ0n) is 11.0. The van der Waals surface area contributed by atoms with Gasteiger partial charge in [0.2, 0.25) is 0 Å². The van der Waals surface area contributed by atoms with Gasteiger partial charge in [0.1, 0.15) is 5.82 Å². The van der Waals surface area contributed by atoms with Gasteiger partial charge in [-0.1, -0.05) is 36.2 Å². The van der Waals surface area contributed by atoms with Gasteiger partial charge in [-0.15, -0.1) is 11.6 Å². The smallest absolute Gasteiger partial charge is 0.125 e. The normalized spacial score (nSPS) is 14.9. The average molecular weight is 330 g/mol. The Morgan fingerprint density at radius 1 is 1.39 bits per heavy atom. The van der Waals surface area contributed by atoms with Crippen molar-refractivity contribution >= 4 is 38.6 Å². The number of imidazole rings is 1. The van der Waals surface area contributed by atoms with Crippen LogP contribution in [0, 0.1) is 5.92 Å². The minimum Gasteiger partial charge on any atom is -0.324 e. The summed E-state index contributed by atoms with van der Waals surface area (Å²) >= 11 is 9.57. The van der Waals surface area contributed by atoms with Crippen LogP contribution in [0.4, 0.5) is 0 Å². The summed E-state index contributed by atoms with van der Waals surface area (Å²) in [7, 11) is 0. The number of nitrogens with zero attached hydrogens (tertiary/aromatic N) is 2. The second kappa shape index (κ2) is 5.62. The molecule has 0 aliphatic heterocycles. The third-order valence-electron chi connectivity index (χ3n) is 3.72. The molecule has 1 heterocycles. The monoisotopic (exact) mass is 328 g/mol. The van der Waals surface area contributed by atoms with E-state index in [1.165, 1.54) is 0 Å². The van der Waals surface area contributed by atoms with Crippen LogP contribution in [0.1, 0.15) is 39.1 Å². The van der Waals surface area contributed by atoms with Crippen molar-refractivity contribution in [3.8, 4) is 0 Å². The van der Waals surface area contributed by atoms with Crippen LogP contribution in [-0.4, -0.2) is 9.55 Å². The summed E-state index contributed by atoms with van der Waals surface area (Å²) in [6.07, 6.45) is 1.15. The van der Waals surface area contributed by atoms with Crippen LogP contribution < -0.4 is 0 Å². The Morgan fingerprint density at radius 2 is 2.11 bits per heavy atom. The molecule has 0 aliphatic carbocycles. The highest BCUT2D eigenvalue weighted by atomic mass is 79.9. The highest BCUT2D eigenvalue weighted by molar-refractivity contribution is 9.10. The Hall–Kier alpha value is -0.540. The summed E-state index contributed by atoms with van der Waals surface area (Å²) in [5.41, 5.74) is 2.18. The lowest BCUT2D eigenvalue weighted by atomic mass is 10.0. The maximum Gasteiger partial charge on any atom is 0.125 e. The number of hydrogen-bond donors (Lipinski definition) is 0. The highest BCUT2D eigenvalue weighted by Gasteiger charge is 2.19. The average Bonchev–Trinajstić information content (AvgIpc) is 2.74. The molecule has 0 fully saturated rings. The number of fused-ring (bicyclic) bond motifs is 1. The molecule has 2 aromatic rings. The van der Waals surface area contributed by atoms with Crippen molar-refractivity contribution in [2.75, 3.05) is 0 Å². The number of alkyl halides is 1. The predicted octanol–water partition coefficient (Wildman–Crippen LogP) is 5.14. The molecule has 0 radical (unpaired) electrons. The van der Waals surface area contributed by atoms with Crippen molar-refractivity contribution in [3.63, 3.8) is 0 Å². The van der Waals surface area contributed by atoms with Crippen molar-refractivity contribution in [2.45, 2.75) is 39.1 Å². The third kappa shape index (κ3) is 2.43. The van der Waals surface area contributed by atoms with E-state index in [2.05, 4.69) is 52.3 Å². The van der Waals surface area contributed by atoms with Gasteiger partial charge in [0.15, 0.2) is 0 Å². The fourth-order valence-electron chi connectivity index (χ4n) is 2.26. The summed E-state index contributed by atoms with van der Waals surface area (Å²) in [5, 5.41) is 0. The Morgan fingerprint density at radius 3 is 2.72 bits per heavy atom. The van der Waals surface area contributed by atoms with Crippen molar-refractivity contribution in [1.82, 2.24) is 9.55 Å². The molecule has 2 nitrogen and oxygen atoms in total. The molecule has 2 rings (SSSR count). The van der Waals surface area contributed by atoms with Crippen LogP contribution in [0.3, 0.4) is 0 Å². The van der Waals surface area contributed by atoms with E-state index >= 15 is 0 Å². The lowest BCUT2D eigenvalue weighted by molar-refractivity contribution is 0.371. The van der Waals surface area contributed by atoms with Gasteiger partial charge in [0.05, 0.1) is 16.9 Å². The molecule has 2 atom stereocenters. The van der Waals surface area contributed by atoms with Gasteiger partial charge in [0, 0.05) is 10.5 Å². The van der Waals surface area contributed by atoms with Crippen molar-refractivity contribution in [2.24, 2.45) is 5.92 Å². The molecule has 0 spiro atoms. The molecular weight excluding hydrogens is 312 g/mol. The van der Waals surface area contributed by atoms with Crippen LogP contribution in [-0.2, 0) is 5.88 Å². The molecule has 98 valence electrons. The van der Waals surface area contributed by atoms with Gasteiger partial charge in [0.25, 0.3) is 0 Å². The van der Waals surface area contributed by atoms with E-state index in [4.69, 9.17) is 11.6 Å². The van der Waals surface area contributed by atoms with Crippen LogP contribution in [0.2, 0.25) is 0 Å². The summed E-state index contributed by atoms with van der Waals surface area (Å²) < 4.78 is 3.36. The Bertz CT molecular complexity index is 550. The van der Waals surface area contributed by atoms with Crippen LogP contribution in [0.15, 0.2) is 22.7 Å². The van der Waals surface area contributed by atoms with E-state index in [0.29, 0.717) is 17.8 Å². The maximum atomic E-state index is 6.04. The van der Waals surface area contributed by atoms with Gasteiger partial charge in [-0.05, 0) is 31.0 Å². The zero-order chi connectivity index (χ0) is 13.3. The Labute approximate surface area is 121 Å². The lowest BCUT2D eigenvalue weighted by Crippen LogP contribution is -2.15. The SMILES string of the molecule is CCC(C)C(C)n1c(CCl)nc2ccc(Br)cc21. The van der Waals surface area contributed by atoms with Gasteiger partial charge in [-0.2, -0.15) is 0 Å². The first-order valence-electron chi connectivity index (χ1n) is 6.30. The largest absolute Gasteiger partial charge is 0.324 e. The van der Waals surface area contributed by atoms with Crippen LogP contribution >= 0.6 is 27.5 Å². The molecule has 1 aromatic heterocycles. The molecule has 0 amide bonds. The maximum absolute atomic E-state index is 6.04. The molecule has 2 unspecified atom stereocenters. The van der Waals surface area contributed by atoms with E-state index < -0.39 is 0 Å². The Kier molecular flexibility index (Phi) is 4.33. The number of benzene rings is 1. The number of halogens is 2. The topological polar surface area (TPSA) is 17.8 Å². The van der Waals surface area contributed by atoms with E-state index in [9.17, 15) is 0 Å². The summed E-state index contributed by atoms with van der Waals surface area (Å²) in [6.45, 7) is 6.73. The zero-order valence-corrected chi connectivity index (χ0v) is 13.3. The molecular formula is C14H18BrClN2.